The quantitative estimate of drug-likeness (QED) is 0.638. The number of hydroxylamine groups is 1. The highest BCUT2D eigenvalue weighted by Crippen LogP contribution is 2.16. The Kier molecular flexibility index (Phi) is 4.19. The van der Waals surface area contributed by atoms with Crippen LogP contribution in [0.2, 0.25) is 0 Å². The second kappa shape index (κ2) is 5.24. The van der Waals surface area contributed by atoms with Crippen LogP contribution in [-0.2, 0) is 19.5 Å². The highest BCUT2D eigenvalue weighted by atomic mass is 32.2. The summed E-state index contributed by atoms with van der Waals surface area (Å²) < 4.78 is 36.5. The Morgan fingerprint density at radius 2 is 1.88 bits per heavy atom. The molecule has 1 rings (SSSR count). The summed E-state index contributed by atoms with van der Waals surface area (Å²) in [5.41, 5.74) is 1.94. The fourth-order valence-electron chi connectivity index (χ4n) is 1.15. The number of sulfone groups is 1. The Bertz CT molecular complexity index is 498. The summed E-state index contributed by atoms with van der Waals surface area (Å²) in [4.78, 5) is 15.6. The molecule has 0 aromatic heterocycles. The number of amides is 1. The molecule has 0 radical (unpaired) electrons. The molecule has 5 nitrogen and oxygen atoms in total. The summed E-state index contributed by atoms with van der Waals surface area (Å²) >= 11 is 0. The summed E-state index contributed by atoms with van der Waals surface area (Å²) in [6.45, 7) is 1.23. The van der Waals surface area contributed by atoms with Gasteiger partial charge in [-0.05, 0) is 31.2 Å². The molecule has 17 heavy (non-hydrogen) atoms. The van der Waals surface area contributed by atoms with E-state index in [1.165, 1.54) is 14.0 Å². The first-order valence-electron chi connectivity index (χ1n) is 4.72. The molecule has 1 N–H and O–H groups in total. The first-order chi connectivity index (χ1) is 7.89. The van der Waals surface area contributed by atoms with E-state index in [1.54, 1.807) is 0 Å². The zero-order chi connectivity index (χ0) is 13.1. The van der Waals surface area contributed by atoms with Crippen LogP contribution in [0.1, 0.15) is 6.92 Å². The molecule has 0 aliphatic carbocycles. The molecule has 1 aromatic rings. The van der Waals surface area contributed by atoms with E-state index >= 15 is 0 Å². The van der Waals surface area contributed by atoms with Gasteiger partial charge in [-0.2, -0.15) is 0 Å². The van der Waals surface area contributed by atoms with Crippen LogP contribution in [0.4, 0.5) is 4.39 Å². The Labute approximate surface area is 98.5 Å². The maximum Gasteiger partial charge on any atom is 0.261 e. The second-order valence-corrected chi connectivity index (χ2v) is 5.58. The third-order valence-electron chi connectivity index (χ3n) is 2.18. The lowest BCUT2D eigenvalue weighted by atomic mass is 10.3. The van der Waals surface area contributed by atoms with E-state index < -0.39 is 26.8 Å². The molecule has 1 aromatic carbocycles. The van der Waals surface area contributed by atoms with Gasteiger partial charge in [-0.3, -0.25) is 9.63 Å². The highest BCUT2D eigenvalue weighted by molar-refractivity contribution is 7.92. The molecule has 0 saturated carbocycles. The van der Waals surface area contributed by atoms with Crippen LogP contribution in [0, 0.1) is 5.82 Å². The summed E-state index contributed by atoms with van der Waals surface area (Å²) in [6.07, 6.45) is 0. The lowest BCUT2D eigenvalue weighted by Crippen LogP contribution is -2.37. The third-order valence-corrected chi connectivity index (χ3v) is 4.25. The fourth-order valence-corrected chi connectivity index (χ4v) is 2.41. The Morgan fingerprint density at radius 3 is 2.35 bits per heavy atom. The van der Waals surface area contributed by atoms with E-state index in [-0.39, 0.29) is 4.90 Å². The SMILES string of the molecule is CONC(=O)C(C)S(=O)(=O)c1ccc(F)cc1. The van der Waals surface area contributed by atoms with Gasteiger partial charge in [0.2, 0.25) is 0 Å². The van der Waals surface area contributed by atoms with Crippen molar-refractivity contribution >= 4 is 15.7 Å². The number of carbonyl (C=O) groups excluding carboxylic acids is 1. The molecule has 0 bridgehead atoms. The fraction of sp³-hybridized carbons (Fsp3) is 0.300. The molecule has 7 heteroatoms. The van der Waals surface area contributed by atoms with Crippen molar-refractivity contribution in [3.8, 4) is 0 Å². The van der Waals surface area contributed by atoms with Gasteiger partial charge in [-0.1, -0.05) is 0 Å². The van der Waals surface area contributed by atoms with Crippen molar-refractivity contribution in [3.05, 3.63) is 30.1 Å². The molecular weight excluding hydrogens is 249 g/mol. The van der Waals surface area contributed by atoms with Crippen LogP contribution in [0.5, 0.6) is 0 Å². The maximum atomic E-state index is 12.7. The van der Waals surface area contributed by atoms with Crippen molar-refractivity contribution in [2.45, 2.75) is 17.1 Å². The van der Waals surface area contributed by atoms with E-state index in [0.717, 1.165) is 24.3 Å². The number of nitrogens with one attached hydrogen (secondary N) is 1. The first-order valence-corrected chi connectivity index (χ1v) is 6.26. The van der Waals surface area contributed by atoms with Crippen LogP contribution in [-0.4, -0.2) is 26.7 Å². The lowest BCUT2D eigenvalue weighted by molar-refractivity contribution is -0.130. The van der Waals surface area contributed by atoms with Gasteiger partial charge in [0, 0.05) is 0 Å². The van der Waals surface area contributed by atoms with E-state index in [4.69, 9.17) is 0 Å². The van der Waals surface area contributed by atoms with Gasteiger partial charge < -0.3 is 0 Å². The predicted molar refractivity (Wildman–Crippen MR) is 58.2 cm³/mol. The molecule has 1 amide bonds. The molecule has 1 atom stereocenters. The van der Waals surface area contributed by atoms with Crippen LogP contribution in [0.15, 0.2) is 29.2 Å². The topological polar surface area (TPSA) is 72.5 Å². The van der Waals surface area contributed by atoms with E-state index in [1.807, 2.05) is 5.48 Å². The van der Waals surface area contributed by atoms with Gasteiger partial charge in [0.15, 0.2) is 9.84 Å². The van der Waals surface area contributed by atoms with Gasteiger partial charge in [0.25, 0.3) is 5.91 Å². The zero-order valence-electron chi connectivity index (χ0n) is 9.31. The van der Waals surface area contributed by atoms with Crippen LogP contribution in [0.3, 0.4) is 0 Å². The number of carbonyl (C=O) groups is 1. The van der Waals surface area contributed by atoms with Crippen molar-refractivity contribution in [1.29, 1.82) is 0 Å². The number of rotatable bonds is 4. The zero-order valence-corrected chi connectivity index (χ0v) is 10.1. The van der Waals surface area contributed by atoms with E-state index in [2.05, 4.69) is 4.84 Å². The van der Waals surface area contributed by atoms with E-state index in [0.29, 0.717) is 0 Å². The standard InChI is InChI=1S/C10H12FNO4S/c1-7(10(13)12-16-2)17(14,15)9-5-3-8(11)4-6-9/h3-7H,1-2H3,(H,12,13). The number of hydrogen-bond donors (Lipinski definition) is 1. The van der Waals surface area contributed by atoms with Crippen LogP contribution < -0.4 is 5.48 Å². The van der Waals surface area contributed by atoms with Crippen molar-refractivity contribution in [2.24, 2.45) is 0 Å². The van der Waals surface area contributed by atoms with Gasteiger partial charge in [0.05, 0.1) is 12.0 Å². The predicted octanol–water partition coefficient (Wildman–Crippen LogP) is 0.665. The summed E-state index contributed by atoms with van der Waals surface area (Å²) in [5.74, 6) is -1.32. The van der Waals surface area contributed by atoms with Crippen molar-refractivity contribution in [2.75, 3.05) is 7.11 Å². The number of halogens is 1. The molecule has 0 heterocycles. The van der Waals surface area contributed by atoms with Crippen LogP contribution >= 0.6 is 0 Å². The molecule has 0 saturated heterocycles. The van der Waals surface area contributed by atoms with Crippen LogP contribution in [0.25, 0.3) is 0 Å². The molecule has 0 fully saturated rings. The third kappa shape index (κ3) is 3.01. The smallest absolute Gasteiger partial charge is 0.261 e. The average Bonchev–Trinajstić information content (AvgIpc) is 2.29. The molecule has 1 unspecified atom stereocenters. The van der Waals surface area contributed by atoms with Gasteiger partial charge in [-0.15, -0.1) is 0 Å². The molecule has 0 aliphatic heterocycles. The molecule has 0 spiro atoms. The molecule has 94 valence electrons. The summed E-state index contributed by atoms with van der Waals surface area (Å²) in [7, 11) is -2.63. The van der Waals surface area contributed by atoms with Gasteiger partial charge in [0.1, 0.15) is 11.1 Å². The lowest BCUT2D eigenvalue weighted by Gasteiger charge is -2.11. The summed E-state index contributed by atoms with van der Waals surface area (Å²) in [6, 6.07) is 4.27. The van der Waals surface area contributed by atoms with Crippen molar-refractivity contribution in [1.82, 2.24) is 5.48 Å². The summed E-state index contributed by atoms with van der Waals surface area (Å²) in [5, 5.41) is -1.31. The minimum absolute atomic E-state index is 0.113. The minimum atomic E-state index is -3.84. The second-order valence-electron chi connectivity index (χ2n) is 3.31. The Hall–Kier alpha value is -1.47. The normalized spacial score (nSPS) is 13.1. The number of benzene rings is 1. The Morgan fingerprint density at radius 1 is 1.35 bits per heavy atom. The average molecular weight is 261 g/mol. The van der Waals surface area contributed by atoms with Gasteiger partial charge >= 0.3 is 0 Å². The first kappa shape index (κ1) is 13.6. The largest absolute Gasteiger partial charge is 0.277 e. The highest BCUT2D eigenvalue weighted by Gasteiger charge is 2.29. The maximum absolute atomic E-state index is 12.7. The van der Waals surface area contributed by atoms with Crippen molar-refractivity contribution in [3.63, 3.8) is 0 Å². The van der Waals surface area contributed by atoms with Gasteiger partial charge in [-0.25, -0.2) is 18.3 Å². The minimum Gasteiger partial charge on any atom is -0.277 e. The monoisotopic (exact) mass is 261 g/mol. The number of hydrogen-bond acceptors (Lipinski definition) is 4. The molecule has 0 aliphatic rings. The Balaban J connectivity index is 3.03. The van der Waals surface area contributed by atoms with Crippen molar-refractivity contribution < 1.29 is 22.4 Å². The molecular formula is C10H12FNO4S. The van der Waals surface area contributed by atoms with E-state index in [9.17, 15) is 17.6 Å².